The highest BCUT2D eigenvalue weighted by atomic mass is 16.5. The molecule has 4 rings (SSSR count). The van der Waals surface area contributed by atoms with Crippen LogP contribution >= 0.6 is 0 Å². The molecule has 2 N–H and O–H groups in total. The summed E-state index contributed by atoms with van der Waals surface area (Å²) in [5, 5.41) is 12.7. The topological polar surface area (TPSA) is 109 Å². The maximum Gasteiger partial charge on any atom is 0.411 e. The number of alkyl carbamates (subject to hydrolysis) is 1. The van der Waals surface area contributed by atoms with Gasteiger partial charge in [-0.05, 0) is 26.0 Å². The van der Waals surface area contributed by atoms with E-state index >= 15 is 0 Å². The third kappa shape index (κ3) is 2.77. The molecule has 0 saturated heterocycles. The Morgan fingerprint density at radius 2 is 2.35 bits per heavy atom. The Balaban J connectivity index is 1.47. The highest BCUT2D eigenvalue weighted by Crippen LogP contribution is 2.33. The van der Waals surface area contributed by atoms with Crippen LogP contribution in [0.4, 0.5) is 4.79 Å². The minimum Gasteiger partial charge on any atom is -0.448 e. The number of rotatable bonds is 4. The van der Waals surface area contributed by atoms with Crippen molar-refractivity contribution in [2.75, 3.05) is 6.61 Å². The van der Waals surface area contributed by atoms with E-state index < -0.39 is 11.5 Å². The molecule has 1 aliphatic carbocycles. The minimum absolute atomic E-state index is 0.0523. The highest BCUT2D eigenvalue weighted by Gasteiger charge is 2.26. The number of ether oxygens (including phenoxy) is 1. The Morgan fingerprint density at radius 1 is 1.54 bits per heavy atom. The fourth-order valence-corrected chi connectivity index (χ4v) is 2.92. The number of aromatic amines is 1. The molecule has 0 bridgehead atoms. The van der Waals surface area contributed by atoms with Crippen molar-refractivity contribution in [2.24, 2.45) is 5.41 Å². The van der Waals surface area contributed by atoms with Crippen LogP contribution < -0.4 is 5.32 Å². The van der Waals surface area contributed by atoms with Gasteiger partial charge >= 0.3 is 6.09 Å². The smallest absolute Gasteiger partial charge is 0.411 e. The van der Waals surface area contributed by atoms with Crippen LogP contribution in [-0.4, -0.2) is 32.2 Å². The number of imidazole rings is 1. The molecule has 3 aromatic rings. The van der Waals surface area contributed by atoms with Crippen molar-refractivity contribution in [1.29, 1.82) is 5.26 Å². The largest absolute Gasteiger partial charge is 0.448 e. The number of aromatic nitrogens is 4. The number of nitriles is 1. The van der Waals surface area contributed by atoms with Crippen molar-refractivity contribution < 1.29 is 9.53 Å². The number of hydrogen-bond donors (Lipinski definition) is 2. The molecule has 1 atom stereocenters. The number of hydrogen-bond acceptors (Lipinski definition) is 5. The van der Waals surface area contributed by atoms with Crippen LogP contribution in [0, 0.1) is 16.7 Å². The lowest BCUT2D eigenvalue weighted by atomic mass is 9.98. The van der Waals surface area contributed by atoms with Crippen LogP contribution in [-0.2, 0) is 4.74 Å². The SMILES string of the molecule is CC(C)(C#N)COC(=O)NC1=CC(n2cnc3cnc4[nH]ccc4c32)C1. The average Bonchev–Trinajstić information content (AvgIpc) is 3.21. The van der Waals surface area contributed by atoms with E-state index in [-0.39, 0.29) is 12.6 Å². The first kappa shape index (κ1) is 16.1. The lowest BCUT2D eigenvalue weighted by molar-refractivity contribution is 0.119. The highest BCUT2D eigenvalue weighted by molar-refractivity contribution is 6.01. The number of nitrogens with zero attached hydrogens (tertiary/aromatic N) is 4. The standard InChI is InChI=1S/C18H18N6O2/c1-18(2,8-19)9-26-17(25)23-11-5-12(6-11)24-10-22-14-7-21-16-13(15(14)24)3-4-20-16/h3-5,7,10,12H,6,9H2,1-2H3,(H,20,21)(H,23,25). The molecule has 0 fully saturated rings. The first-order chi connectivity index (χ1) is 12.5. The van der Waals surface area contributed by atoms with Gasteiger partial charge in [-0.3, -0.25) is 5.32 Å². The minimum atomic E-state index is -0.695. The summed E-state index contributed by atoms with van der Waals surface area (Å²) in [7, 11) is 0. The Bertz CT molecular complexity index is 1070. The molecule has 3 heterocycles. The van der Waals surface area contributed by atoms with Gasteiger partial charge < -0.3 is 14.3 Å². The molecule has 0 spiro atoms. The lowest BCUT2D eigenvalue weighted by Gasteiger charge is -2.27. The maximum atomic E-state index is 11.8. The molecular formula is C18H18N6O2. The number of amides is 1. The number of carbonyl (C=O) groups is 1. The lowest BCUT2D eigenvalue weighted by Crippen LogP contribution is -2.32. The van der Waals surface area contributed by atoms with Crippen LogP contribution in [0.25, 0.3) is 22.1 Å². The molecule has 1 unspecified atom stereocenters. The third-order valence-electron chi connectivity index (χ3n) is 4.43. The molecule has 0 radical (unpaired) electrons. The summed E-state index contributed by atoms with van der Waals surface area (Å²) in [6.45, 7) is 3.50. The molecule has 0 aromatic carbocycles. The summed E-state index contributed by atoms with van der Waals surface area (Å²) in [5.74, 6) is 0. The zero-order valence-corrected chi connectivity index (χ0v) is 14.5. The third-order valence-corrected chi connectivity index (χ3v) is 4.43. The van der Waals surface area contributed by atoms with Gasteiger partial charge in [0.05, 0.1) is 35.6 Å². The van der Waals surface area contributed by atoms with E-state index in [9.17, 15) is 4.79 Å². The Hall–Kier alpha value is -3.34. The van der Waals surface area contributed by atoms with Crippen molar-refractivity contribution in [2.45, 2.75) is 26.3 Å². The van der Waals surface area contributed by atoms with Crippen molar-refractivity contribution in [3.63, 3.8) is 0 Å². The molecule has 26 heavy (non-hydrogen) atoms. The number of pyridine rings is 1. The van der Waals surface area contributed by atoms with E-state index in [0.29, 0.717) is 6.42 Å². The molecule has 0 saturated carbocycles. The van der Waals surface area contributed by atoms with Crippen molar-refractivity contribution >= 4 is 28.2 Å². The normalized spacial score (nSPS) is 16.8. The van der Waals surface area contributed by atoms with Crippen molar-refractivity contribution in [1.82, 2.24) is 24.8 Å². The fourth-order valence-electron chi connectivity index (χ4n) is 2.92. The number of fused-ring (bicyclic) bond motifs is 3. The number of H-pyrrole nitrogens is 1. The van der Waals surface area contributed by atoms with Gasteiger partial charge in [0.25, 0.3) is 0 Å². The first-order valence-electron chi connectivity index (χ1n) is 8.31. The average molecular weight is 350 g/mol. The zero-order chi connectivity index (χ0) is 18.3. The van der Waals surface area contributed by atoms with E-state index in [1.165, 1.54) is 0 Å². The van der Waals surface area contributed by atoms with Gasteiger partial charge in [0.15, 0.2) is 0 Å². The summed E-state index contributed by atoms with van der Waals surface area (Å²) in [6, 6.07) is 4.20. The molecule has 3 aromatic heterocycles. The predicted molar refractivity (Wildman–Crippen MR) is 95.0 cm³/mol. The second-order valence-electron chi connectivity index (χ2n) is 7.04. The van der Waals surface area contributed by atoms with Crippen molar-refractivity contribution in [3.8, 4) is 6.07 Å². The molecule has 132 valence electrons. The fraction of sp³-hybridized carbons (Fsp3) is 0.333. The number of allylic oxidation sites excluding steroid dienone is 2. The second-order valence-corrected chi connectivity index (χ2v) is 7.04. The van der Waals surface area contributed by atoms with E-state index in [4.69, 9.17) is 10.00 Å². The van der Waals surface area contributed by atoms with E-state index in [0.717, 1.165) is 27.8 Å². The quantitative estimate of drug-likeness (QED) is 0.752. The summed E-state index contributed by atoms with van der Waals surface area (Å²) < 4.78 is 7.19. The van der Waals surface area contributed by atoms with Gasteiger partial charge in [-0.2, -0.15) is 5.26 Å². The Kier molecular flexibility index (Phi) is 3.65. The van der Waals surface area contributed by atoms with Gasteiger partial charge in [0.2, 0.25) is 0 Å². The molecule has 1 amide bonds. The predicted octanol–water partition coefficient (Wildman–Crippen LogP) is 3.02. The van der Waals surface area contributed by atoms with E-state index in [1.54, 1.807) is 26.4 Å². The molecular weight excluding hydrogens is 332 g/mol. The number of carbonyl (C=O) groups excluding carboxylic acids is 1. The monoisotopic (exact) mass is 350 g/mol. The molecule has 0 aliphatic heterocycles. The summed E-state index contributed by atoms with van der Waals surface area (Å²) in [6.07, 6.45) is 7.51. The molecule has 1 aliphatic rings. The summed E-state index contributed by atoms with van der Waals surface area (Å²) >= 11 is 0. The molecule has 8 heteroatoms. The van der Waals surface area contributed by atoms with Crippen LogP contribution in [0.2, 0.25) is 0 Å². The first-order valence-corrected chi connectivity index (χ1v) is 8.31. The summed E-state index contributed by atoms with van der Waals surface area (Å²) in [4.78, 5) is 23.7. The Morgan fingerprint density at radius 3 is 3.12 bits per heavy atom. The van der Waals surface area contributed by atoms with E-state index in [2.05, 4.69) is 30.9 Å². The Labute approximate surface area is 149 Å². The zero-order valence-electron chi connectivity index (χ0n) is 14.5. The van der Waals surface area contributed by atoms with Gasteiger partial charge in [0.1, 0.15) is 17.8 Å². The van der Waals surface area contributed by atoms with Crippen LogP contribution in [0.3, 0.4) is 0 Å². The second kappa shape index (κ2) is 5.88. The summed E-state index contributed by atoms with van der Waals surface area (Å²) in [5.41, 5.74) is 2.79. The van der Waals surface area contributed by atoms with Crippen LogP contribution in [0.5, 0.6) is 0 Å². The van der Waals surface area contributed by atoms with Gasteiger partial charge in [-0.15, -0.1) is 0 Å². The van der Waals surface area contributed by atoms with Gasteiger partial charge in [-0.25, -0.2) is 14.8 Å². The number of nitrogens with one attached hydrogen (secondary N) is 2. The van der Waals surface area contributed by atoms with Crippen LogP contribution in [0.1, 0.15) is 26.3 Å². The van der Waals surface area contributed by atoms with Gasteiger partial charge in [-0.1, -0.05) is 0 Å². The van der Waals surface area contributed by atoms with Gasteiger partial charge in [0, 0.05) is 23.7 Å². The van der Waals surface area contributed by atoms with Crippen molar-refractivity contribution in [3.05, 3.63) is 36.6 Å². The van der Waals surface area contributed by atoms with E-state index in [1.807, 2.05) is 18.3 Å². The maximum absolute atomic E-state index is 11.8. The van der Waals surface area contributed by atoms with Crippen LogP contribution in [0.15, 0.2) is 36.6 Å². The molecule has 8 nitrogen and oxygen atoms in total.